The molecule has 0 saturated heterocycles. The van der Waals surface area contributed by atoms with Gasteiger partial charge in [0, 0.05) is 16.4 Å². The molecule has 0 amide bonds. The molecule has 2 rings (SSSR count). The van der Waals surface area contributed by atoms with Gasteiger partial charge in [0.1, 0.15) is 11.6 Å². The van der Waals surface area contributed by atoms with Crippen LogP contribution in [0.15, 0.2) is 22.8 Å². The van der Waals surface area contributed by atoms with E-state index in [0.29, 0.717) is 5.57 Å². The Labute approximate surface area is 118 Å². The fourth-order valence-electron chi connectivity index (χ4n) is 1.71. The number of aromatic amines is 1. The predicted molar refractivity (Wildman–Crippen MR) is 75.0 cm³/mol. The van der Waals surface area contributed by atoms with E-state index >= 15 is 0 Å². The van der Waals surface area contributed by atoms with Crippen molar-refractivity contribution in [1.29, 1.82) is 5.26 Å². The van der Waals surface area contributed by atoms with Crippen molar-refractivity contribution in [3.05, 3.63) is 39.8 Å². The number of aryl methyl sites for hydroxylation is 2. The van der Waals surface area contributed by atoms with Crippen molar-refractivity contribution < 1.29 is 0 Å². The van der Waals surface area contributed by atoms with Gasteiger partial charge in [0.15, 0.2) is 0 Å². The van der Waals surface area contributed by atoms with Crippen LogP contribution in [0.2, 0.25) is 0 Å². The van der Waals surface area contributed by atoms with Gasteiger partial charge in [0.25, 0.3) is 0 Å². The summed E-state index contributed by atoms with van der Waals surface area (Å²) in [5.41, 5.74) is 3.43. The molecular formula is C12H11BrN6. The van der Waals surface area contributed by atoms with Crippen molar-refractivity contribution in [3.63, 3.8) is 0 Å². The Balaban J connectivity index is 2.30. The number of nitrogens with one attached hydrogen (secondary N) is 2. The quantitative estimate of drug-likeness (QED) is 0.849. The summed E-state index contributed by atoms with van der Waals surface area (Å²) < 4.78 is 1.02. The summed E-state index contributed by atoms with van der Waals surface area (Å²) in [7, 11) is 0. The van der Waals surface area contributed by atoms with Gasteiger partial charge in [-0.05, 0) is 42.3 Å². The summed E-state index contributed by atoms with van der Waals surface area (Å²) in [4.78, 5) is 0. The van der Waals surface area contributed by atoms with Gasteiger partial charge < -0.3 is 5.32 Å². The van der Waals surface area contributed by atoms with Crippen molar-refractivity contribution in [2.45, 2.75) is 13.8 Å². The van der Waals surface area contributed by atoms with Crippen molar-refractivity contribution in [3.8, 4) is 6.07 Å². The van der Waals surface area contributed by atoms with Crippen LogP contribution >= 0.6 is 15.9 Å². The number of nitriles is 1. The minimum Gasteiger partial charge on any atom is -0.360 e. The number of hydrogen-bond acceptors (Lipinski definition) is 5. The highest BCUT2D eigenvalue weighted by molar-refractivity contribution is 9.10. The molecule has 0 bridgehead atoms. The number of allylic oxidation sites excluding steroid dienone is 1. The summed E-state index contributed by atoms with van der Waals surface area (Å²) in [5, 5.41) is 25.5. The molecule has 1 aromatic carbocycles. The number of aromatic nitrogens is 4. The number of nitrogens with zero attached hydrogens (tertiary/aromatic N) is 4. The maximum Gasteiger partial charge on any atom is 0.216 e. The SMILES string of the molecule is Cc1cc(Br)cc(C)c1NC=C(C#N)c1nn[nH]n1. The largest absolute Gasteiger partial charge is 0.360 e. The molecular weight excluding hydrogens is 308 g/mol. The van der Waals surface area contributed by atoms with Crippen LogP contribution < -0.4 is 5.32 Å². The molecule has 0 saturated carbocycles. The Kier molecular flexibility index (Phi) is 3.92. The highest BCUT2D eigenvalue weighted by atomic mass is 79.9. The Morgan fingerprint density at radius 3 is 2.63 bits per heavy atom. The lowest BCUT2D eigenvalue weighted by Gasteiger charge is -2.10. The van der Waals surface area contributed by atoms with Gasteiger partial charge in [-0.15, -0.1) is 10.2 Å². The molecule has 0 radical (unpaired) electrons. The van der Waals surface area contributed by atoms with Gasteiger partial charge in [-0.1, -0.05) is 15.9 Å². The van der Waals surface area contributed by atoms with Gasteiger partial charge in [0.2, 0.25) is 5.82 Å². The van der Waals surface area contributed by atoms with E-state index in [9.17, 15) is 0 Å². The summed E-state index contributed by atoms with van der Waals surface area (Å²) >= 11 is 3.44. The predicted octanol–water partition coefficient (Wildman–Crippen LogP) is 2.56. The van der Waals surface area contributed by atoms with Crippen LogP contribution in [0.5, 0.6) is 0 Å². The second-order valence-electron chi connectivity index (χ2n) is 3.96. The Hall–Kier alpha value is -2.20. The van der Waals surface area contributed by atoms with Crippen LogP contribution in [0, 0.1) is 25.2 Å². The zero-order valence-electron chi connectivity index (χ0n) is 10.4. The first kappa shape index (κ1) is 13.2. The van der Waals surface area contributed by atoms with Gasteiger partial charge in [-0.3, -0.25) is 0 Å². The second kappa shape index (κ2) is 5.63. The minimum absolute atomic E-state index is 0.266. The van der Waals surface area contributed by atoms with E-state index < -0.39 is 0 Å². The monoisotopic (exact) mass is 318 g/mol. The molecule has 1 heterocycles. The smallest absolute Gasteiger partial charge is 0.216 e. The third kappa shape index (κ3) is 2.98. The zero-order valence-corrected chi connectivity index (χ0v) is 12.0. The fraction of sp³-hybridized carbons (Fsp3) is 0.167. The van der Waals surface area contributed by atoms with Crippen molar-refractivity contribution in [2.24, 2.45) is 0 Å². The zero-order chi connectivity index (χ0) is 13.8. The summed E-state index contributed by atoms with van der Waals surface area (Å²) in [5.74, 6) is 0.266. The molecule has 6 nitrogen and oxygen atoms in total. The van der Waals surface area contributed by atoms with E-state index in [1.807, 2.05) is 32.0 Å². The van der Waals surface area contributed by atoms with Gasteiger partial charge in [0.05, 0.1) is 0 Å². The number of anilines is 1. The fourth-order valence-corrected chi connectivity index (χ4v) is 2.39. The number of benzene rings is 1. The highest BCUT2D eigenvalue weighted by Crippen LogP contribution is 2.25. The molecule has 2 aromatic rings. The first-order valence-corrected chi connectivity index (χ1v) is 6.28. The molecule has 0 atom stereocenters. The van der Waals surface area contributed by atoms with E-state index in [1.54, 1.807) is 6.20 Å². The normalized spacial score (nSPS) is 11.2. The number of tetrazole rings is 1. The van der Waals surface area contributed by atoms with Gasteiger partial charge in [-0.25, -0.2) is 0 Å². The molecule has 2 N–H and O–H groups in total. The van der Waals surface area contributed by atoms with Crippen LogP contribution in [-0.4, -0.2) is 20.6 Å². The molecule has 0 aliphatic rings. The van der Waals surface area contributed by atoms with E-state index in [1.165, 1.54) is 0 Å². The average Bonchev–Trinajstić information content (AvgIpc) is 2.86. The lowest BCUT2D eigenvalue weighted by molar-refractivity contribution is 0.881. The first-order chi connectivity index (χ1) is 9.11. The Morgan fingerprint density at radius 1 is 1.42 bits per heavy atom. The van der Waals surface area contributed by atoms with E-state index in [4.69, 9.17) is 5.26 Å². The second-order valence-corrected chi connectivity index (χ2v) is 4.88. The number of H-pyrrole nitrogens is 1. The number of hydrogen-bond donors (Lipinski definition) is 2. The van der Waals surface area contributed by atoms with Gasteiger partial charge >= 0.3 is 0 Å². The molecule has 0 aliphatic carbocycles. The summed E-state index contributed by atoms with van der Waals surface area (Å²) in [6, 6.07) is 6.04. The maximum absolute atomic E-state index is 9.07. The lowest BCUT2D eigenvalue weighted by Crippen LogP contribution is -1.97. The van der Waals surface area contributed by atoms with Crippen LogP contribution in [0.3, 0.4) is 0 Å². The minimum atomic E-state index is 0.266. The molecule has 1 aromatic heterocycles. The molecule has 7 heteroatoms. The van der Waals surface area contributed by atoms with Crippen molar-refractivity contribution >= 4 is 27.2 Å². The number of rotatable bonds is 3. The van der Waals surface area contributed by atoms with Crippen LogP contribution in [0.1, 0.15) is 17.0 Å². The molecule has 0 unspecified atom stereocenters. The lowest BCUT2D eigenvalue weighted by atomic mass is 10.1. The van der Waals surface area contributed by atoms with E-state index in [-0.39, 0.29) is 5.82 Å². The summed E-state index contributed by atoms with van der Waals surface area (Å²) in [6.45, 7) is 3.99. The third-order valence-electron chi connectivity index (χ3n) is 2.57. The number of halogens is 1. The first-order valence-electron chi connectivity index (χ1n) is 5.49. The van der Waals surface area contributed by atoms with Gasteiger partial charge in [-0.2, -0.15) is 10.5 Å². The van der Waals surface area contributed by atoms with Crippen LogP contribution in [0.25, 0.3) is 5.57 Å². The molecule has 19 heavy (non-hydrogen) atoms. The summed E-state index contributed by atoms with van der Waals surface area (Å²) in [6.07, 6.45) is 1.58. The van der Waals surface area contributed by atoms with Crippen molar-refractivity contribution in [1.82, 2.24) is 20.6 Å². The standard InChI is InChI=1S/C12H11BrN6/c1-7-3-10(13)4-8(2)11(7)15-6-9(5-14)12-16-18-19-17-12/h3-4,6,15H,1-2H3,(H,16,17,18,19). The molecule has 0 aliphatic heterocycles. The highest BCUT2D eigenvalue weighted by Gasteiger charge is 2.07. The average molecular weight is 319 g/mol. The Bertz CT molecular complexity index is 630. The molecule has 96 valence electrons. The van der Waals surface area contributed by atoms with E-state index in [0.717, 1.165) is 21.3 Å². The Morgan fingerprint density at radius 2 is 2.11 bits per heavy atom. The molecule has 0 fully saturated rings. The third-order valence-corrected chi connectivity index (χ3v) is 3.02. The van der Waals surface area contributed by atoms with Crippen LogP contribution in [-0.2, 0) is 0 Å². The topological polar surface area (TPSA) is 90.3 Å². The maximum atomic E-state index is 9.07. The van der Waals surface area contributed by atoms with Crippen molar-refractivity contribution in [2.75, 3.05) is 5.32 Å². The van der Waals surface area contributed by atoms with E-state index in [2.05, 4.69) is 41.9 Å². The molecule has 0 spiro atoms. The van der Waals surface area contributed by atoms with Crippen LogP contribution in [0.4, 0.5) is 5.69 Å².